The van der Waals surface area contributed by atoms with E-state index in [2.05, 4.69) is 37.8 Å². The average Bonchev–Trinajstić information content (AvgIpc) is 2.49. The molecule has 0 amide bonds. The van der Waals surface area contributed by atoms with E-state index in [1.165, 1.54) is 11.1 Å². The zero-order valence-corrected chi connectivity index (χ0v) is 14.8. The monoisotopic (exact) mass is 305 g/mol. The number of hydrogen-bond acceptors (Lipinski definition) is 3. The topological polar surface area (TPSA) is 29.5 Å². The van der Waals surface area contributed by atoms with E-state index in [0.717, 1.165) is 44.5 Å². The summed E-state index contributed by atoms with van der Waals surface area (Å²) < 4.78 is 5.29. The van der Waals surface area contributed by atoms with Gasteiger partial charge in [-0.25, -0.2) is 0 Å². The molecule has 0 saturated carbocycles. The second-order valence-corrected chi connectivity index (χ2v) is 6.04. The second kappa shape index (κ2) is 9.62. The first-order valence-corrected chi connectivity index (χ1v) is 8.37. The highest BCUT2D eigenvalue weighted by Crippen LogP contribution is 2.26. The van der Waals surface area contributed by atoms with Crippen molar-refractivity contribution in [1.82, 2.24) is 4.90 Å². The maximum absolute atomic E-state index is 11.0. The Labute approximate surface area is 135 Å². The van der Waals surface area contributed by atoms with Crippen molar-refractivity contribution in [2.75, 3.05) is 20.2 Å². The van der Waals surface area contributed by atoms with Crippen LogP contribution in [0, 0.1) is 6.92 Å². The van der Waals surface area contributed by atoms with Crippen LogP contribution in [0.3, 0.4) is 0 Å². The third-order valence-electron chi connectivity index (χ3n) is 4.36. The molecule has 1 unspecified atom stereocenters. The number of benzene rings is 1. The van der Waals surface area contributed by atoms with Crippen molar-refractivity contribution in [2.45, 2.75) is 59.4 Å². The molecule has 0 heterocycles. The number of nitrogens with zero attached hydrogens (tertiary/aromatic N) is 1. The van der Waals surface area contributed by atoms with Gasteiger partial charge in [-0.05, 0) is 70.0 Å². The molecule has 1 aromatic carbocycles. The molecule has 3 nitrogen and oxygen atoms in total. The van der Waals surface area contributed by atoms with Gasteiger partial charge in [0.25, 0.3) is 0 Å². The van der Waals surface area contributed by atoms with Crippen LogP contribution < -0.4 is 4.74 Å². The van der Waals surface area contributed by atoms with Crippen LogP contribution >= 0.6 is 0 Å². The zero-order valence-electron chi connectivity index (χ0n) is 14.8. The lowest BCUT2D eigenvalue weighted by Gasteiger charge is -2.29. The predicted molar refractivity (Wildman–Crippen MR) is 92.5 cm³/mol. The van der Waals surface area contributed by atoms with Crippen LogP contribution in [0.15, 0.2) is 18.2 Å². The van der Waals surface area contributed by atoms with Gasteiger partial charge in [0.2, 0.25) is 0 Å². The molecule has 0 aliphatic rings. The molecule has 22 heavy (non-hydrogen) atoms. The Kier molecular flexibility index (Phi) is 8.18. The summed E-state index contributed by atoms with van der Waals surface area (Å²) in [6.07, 6.45) is 4.02. The first kappa shape index (κ1) is 18.7. The summed E-state index contributed by atoms with van der Waals surface area (Å²) in [5, 5.41) is 0. The summed E-state index contributed by atoms with van der Waals surface area (Å²) in [5.41, 5.74) is 2.65. The maximum Gasteiger partial charge on any atom is 0.129 e. The fraction of sp³-hybridized carbons (Fsp3) is 0.632. The van der Waals surface area contributed by atoms with Crippen LogP contribution in [-0.4, -0.2) is 30.9 Å². The standard InChI is InChI=1S/C19H31NO2/c1-6-20(13-9-7-8-10-16(3)21)17(4)19-12-11-18(22-5)14-15(19)2/h11-12,14,17H,6-10,13H2,1-5H3. The summed E-state index contributed by atoms with van der Waals surface area (Å²) in [4.78, 5) is 13.5. The third kappa shape index (κ3) is 5.80. The normalized spacial score (nSPS) is 12.5. The number of hydrogen-bond donors (Lipinski definition) is 0. The van der Waals surface area contributed by atoms with Gasteiger partial charge >= 0.3 is 0 Å². The number of ketones is 1. The van der Waals surface area contributed by atoms with E-state index in [9.17, 15) is 4.79 Å². The van der Waals surface area contributed by atoms with Gasteiger partial charge in [0.05, 0.1) is 7.11 Å². The highest BCUT2D eigenvalue weighted by atomic mass is 16.5. The van der Waals surface area contributed by atoms with Crippen molar-refractivity contribution in [2.24, 2.45) is 0 Å². The van der Waals surface area contributed by atoms with Crippen molar-refractivity contribution in [3.63, 3.8) is 0 Å². The molecular formula is C19H31NO2. The van der Waals surface area contributed by atoms with E-state index in [-0.39, 0.29) is 0 Å². The number of ether oxygens (including phenoxy) is 1. The summed E-state index contributed by atoms with van der Waals surface area (Å²) in [5.74, 6) is 1.22. The van der Waals surface area contributed by atoms with Crippen molar-refractivity contribution >= 4 is 5.78 Å². The molecule has 0 aliphatic heterocycles. The fourth-order valence-electron chi connectivity index (χ4n) is 2.93. The van der Waals surface area contributed by atoms with Gasteiger partial charge < -0.3 is 9.53 Å². The van der Waals surface area contributed by atoms with E-state index in [1.54, 1.807) is 14.0 Å². The summed E-state index contributed by atoms with van der Waals surface area (Å²) in [6, 6.07) is 6.73. The molecule has 1 atom stereocenters. The van der Waals surface area contributed by atoms with E-state index < -0.39 is 0 Å². The lowest BCUT2D eigenvalue weighted by atomic mass is 10.0. The van der Waals surface area contributed by atoms with Crippen LogP contribution in [0.5, 0.6) is 5.75 Å². The Balaban J connectivity index is 2.56. The lowest BCUT2D eigenvalue weighted by Crippen LogP contribution is -2.28. The van der Waals surface area contributed by atoms with Crippen molar-refractivity contribution < 1.29 is 9.53 Å². The lowest BCUT2D eigenvalue weighted by molar-refractivity contribution is -0.117. The van der Waals surface area contributed by atoms with Gasteiger partial charge in [-0.3, -0.25) is 4.90 Å². The van der Waals surface area contributed by atoms with Gasteiger partial charge in [0.15, 0.2) is 0 Å². The van der Waals surface area contributed by atoms with E-state index in [1.807, 2.05) is 6.07 Å². The average molecular weight is 305 g/mol. The number of unbranched alkanes of at least 4 members (excludes halogenated alkanes) is 2. The van der Waals surface area contributed by atoms with E-state index in [4.69, 9.17) is 4.74 Å². The largest absolute Gasteiger partial charge is 0.497 e. The summed E-state index contributed by atoms with van der Waals surface area (Å²) in [6.45, 7) is 10.4. The molecule has 0 N–H and O–H groups in total. The maximum atomic E-state index is 11.0. The molecule has 0 radical (unpaired) electrons. The third-order valence-corrected chi connectivity index (χ3v) is 4.36. The van der Waals surface area contributed by atoms with Crippen LogP contribution in [0.25, 0.3) is 0 Å². The van der Waals surface area contributed by atoms with Gasteiger partial charge in [-0.15, -0.1) is 0 Å². The molecule has 0 spiro atoms. The molecule has 0 fully saturated rings. The molecule has 0 aliphatic carbocycles. The van der Waals surface area contributed by atoms with Gasteiger partial charge in [-0.2, -0.15) is 0 Å². The minimum Gasteiger partial charge on any atom is -0.497 e. The first-order valence-electron chi connectivity index (χ1n) is 8.37. The molecule has 124 valence electrons. The molecule has 1 rings (SSSR count). The Bertz CT molecular complexity index is 471. The quantitative estimate of drug-likeness (QED) is 0.595. The molecule has 3 heteroatoms. The van der Waals surface area contributed by atoms with Crippen LogP contribution in [0.4, 0.5) is 0 Å². The minimum absolute atomic E-state index is 0.301. The molecule has 0 aromatic heterocycles. The van der Waals surface area contributed by atoms with Gasteiger partial charge in [-0.1, -0.05) is 19.4 Å². The van der Waals surface area contributed by atoms with Crippen molar-refractivity contribution in [3.8, 4) is 5.75 Å². The van der Waals surface area contributed by atoms with Crippen LogP contribution in [0.2, 0.25) is 0 Å². The van der Waals surface area contributed by atoms with Crippen molar-refractivity contribution in [1.29, 1.82) is 0 Å². The Morgan fingerprint density at radius 1 is 1.27 bits per heavy atom. The smallest absolute Gasteiger partial charge is 0.129 e. The highest BCUT2D eigenvalue weighted by molar-refractivity contribution is 5.75. The van der Waals surface area contributed by atoms with Crippen molar-refractivity contribution in [3.05, 3.63) is 29.3 Å². The van der Waals surface area contributed by atoms with E-state index >= 15 is 0 Å². The van der Waals surface area contributed by atoms with Gasteiger partial charge in [0, 0.05) is 12.5 Å². The zero-order chi connectivity index (χ0) is 16.5. The molecule has 1 aromatic rings. The number of carbonyl (C=O) groups excluding carboxylic acids is 1. The Hall–Kier alpha value is -1.35. The molecule has 0 bridgehead atoms. The summed E-state index contributed by atoms with van der Waals surface area (Å²) in [7, 11) is 1.71. The molecular weight excluding hydrogens is 274 g/mol. The number of carbonyl (C=O) groups is 1. The van der Waals surface area contributed by atoms with E-state index in [0.29, 0.717) is 11.8 Å². The number of Topliss-reactive ketones (excluding diaryl/α,β-unsaturated/α-hetero) is 1. The fourth-order valence-corrected chi connectivity index (χ4v) is 2.93. The first-order chi connectivity index (χ1) is 10.5. The van der Waals surface area contributed by atoms with Crippen LogP contribution in [-0.2, 0) is 4.79 Å². The van der Waals surface area contributed by atoms with Crippen LogP contribution in [0.1, 0.15) is 63.6 Å². The summed E-state index contributed by atoms with van der Waals surface area (Å²) >= 11 is 0. The number of methoxy groups -OCH3 is 1. The predicted octanol–water partition coefficient (Wildman–Crippen LogP) is 4.54. The second-order valence-electron chi connectivity index (χ2n) is 6.04. The number of rotatable bonds is 10. The highest BCUT2D eigenvalue weighted by Gasteiger charge is 2.16. The molecule has 0 saturated heterocycles. The van der Waals surface area contributed by atoms with Gasteiger partial charge in [0.1, 0.15) is 11.5 Å². The SMILES string of the molecule is CCN(CCCCCC(C)=O)C(C)c1ccc(OC)cc1C. The minimum atomic E-state index is 0.301. The number of aryl methyl sites for hydroxylation is 1. The Morgan fingerprint density at radius 3 is 2.55 bits per heavy atom. The Morgan fingerprint density at radius 2 is 2.00 bits per heavy atom.